The zero-order chi connectivity index (χ0) is 23.5. The van der Waals surface area contributed by atoms with Crippen molar-refractivity contribution in [2.45, 2.75) is 36.2 Å². The van der Waals surface area contributed by atoms with Gasteiger partial charge in [0.15, 0.2) is 5.09 Å². The number of furan rings is 1. The SMILES string of the molecule is CC[C@@H](C)c1ccc(N2C(=O)NC(=O)/C(=C/c3ccc(Sc4ccc(Cl)cc4)o3)C2=O)cc1. The Balaban J connectivity index is 1.56. The fourth-order valence-corrected chi connectivity index (χ4v) is 4.21. The van der Waals surface area contributed by atoms with E-state index >= 15 is 0 Å². The van der Waals surface area contributed by atoms with Gasteiger partial charge in [-0.3, -0.25) is 14.9 Å². The summed E-state index contributed by atoms with van der Waals surface area (Å²) >= 11 is 7.29. The van der Waals surface area contributed by atoms with Crippen molar-refractivity contribution in [1.29, 1.82) is 0 Å². The second-order valence-electron chi connectivity index (χ2n) is 7.57. The van der Waals surface area contributed by atoms with E-state index in [0.717, 1.165) is 21.8 Å². The third-order valence-electron chi connectivity index (χ3n) is 5.36. The Bertz CT molecular complexity index is 1230. The van der Waals surface area contributed by atoms with Crippen molar-refractivity contribution in [3.05, 3.63) is 82.6 Å². The highest BCUT2D eigenvalue weighted by molar-refractivity contribution is 7.99. The van der Waals surface area contributed by atoms with E-state index in [-0.39, 0.29) is 5.57 Å². The highest BCUT2D eigenvalue weighted by Gasteiger charge is 2.37. The third-order valence-corrected chi connectivity index (χ3v) is 6.54. The Hall–Kier alpha value is -3.29. The second-order valence-corrected chi connectivity index (χ2v) is 9.09. The van der Waals surface area contributed by atoms with Gasteiger partial charge in [-0.05, 0) is 72.5 Å². The van der Waals surface area contributed by atoms with Crippen molar-refractivity contribution in [3.63, 3.8) is 0 Å². The third kappa shape index (κ3) is 5.05. The van der Waals surface area contributed by atoms with E-state index in [0.29, 0.717) is 27.5 Å². The van der Waals surface area contributed by atoms with Crippen LogP contribution in [0.1, 0.15) is 37.5 Å². The van der Waals surface area contributed by atoms with E-state index in [1.165, 1.54) is 17.8 Å². The van der Waals surface area contributed by atoms with Crippen LogP contribution in [0.2, 0.25) is 5.02 Å². The maximum absolute atomic E-state index is 13.1. The number of hydrogen-bond donors (Lipinski definition) is 1. The van der Waals surface area contributed by atoms with Gasteiger partial charge >= 0.3 is 6.03 Å². The minimum absolute atomic E-state index is 0.182. The Kier molecular flexibility index (Phi) is 6.72. The highest BCUT2D eigenvalue weighted by atomic mass is 35.5. The van der Waals surface area contributed by atoms with Crippen molar-refractivity contribution in [3.8, 4) is 0 Å². The summed E-state index contributed by atoms with van der Waals surface area (Å²) in [6.45, 7) is 4.20. The molecule has 2 heterocycles. The van der Waals surface area contributed by atoms with Gasteiger partial charge in [0.2, 0.25) is 0 Å². The summed E-state index contributed by atoms with van der Waals surface area (Å²) < 4.78 is 5.76. The number of benzene rings is 2. The topological polar surface area (TPSA) is 79.6 Å². The quantitative estimate of drug-likeness (QED) is 0.332. The molecule has 4 rings (SSSR count). The maximum atomic E-state index is 13.1. The number of barbiturate groups is 1. The average molecular weight is 481 g/mol. The summed E-state index contributed by atoms with van der Waals surface area (Å²) in [7, 11) is 0. The number of carbonyl (C=O) groups is 3. The minimum Gasteiger partial charge on any atom is -0.450 e. The number of rotatable bonds is 6. The van der Waals surface area contributed by atoms with Crippen LogP contribution in [-0.2, 0) is 9.59 Å². The van der Waals surface area contributed by atoms with Gasteiger partial charge in [0.1, 0.15) is 11.3 Å². The van der Waals surface area contributed by atoms with Crippen LogP contribution in [0.5, 0.6) is 0 Å². The average Bonchev–Trinajstić information content (AvgIpc) is 3.25. The van der Waals surface area contributed by atoms with E-state index in [1.807, 2.05) is 24.3 Å². The lowest BCUT2D eigenvalue weighted by molar-refractivity contribution is -0.122. The number of anilines is 1. The molecule has 0 radical (unpaired) electrons. The summed E-state index contributed by atoms with van der Waals surface area (Å²) in [4.78, 5) is 39.8. The number of hydrogen-bond acceptors (Lipinski definition) is 5. The number of halogens is 1. The van der Waals surface area contributed by atoms with Gasteiger partial charge in [-0.15, -0.1) is 0 Å². The van der Waals surface area contributed by atoms with Gasteiger partial charge in [-0.2, -0.15) is 0 Å². The van der Waals surface area contributed by atoms with Crippen LogP contribution in [0.4, 0.5) is 10.5 Å². The van der Waals surface area contributed by atoms with Gasteiger partial charge in [-0.25, -0.2) is 9.69 Å². The molecule has 4 amide bonds. The van der Waals surface area contributed by atoms with Crippen LogP contribution in [0.25, 0.3) is 6.08 Å². The van der Waals surface area contributed by atoms with Crippen LogP contribution < -0.4 is 10.2 Å². The molecule has 0 saturated carbocycles. The molecule has 1 saturated heterocycles. The minimum atomic E-state index is -0.781. The van der Waals surface area contributed by atoms with Gasteiger partial charge in [0, 0.05) is 9.92 Å². The van der Waals surface area contributed by atoms with Crippen LogP contribution in [0, 0.1) is 0 Å². The molecule has 0 bridgehead atoms. The molecule has 168 valence electrons. The molecule has 1 aromatic heterocycles. The van der Waals surface area contributed by atoms with Gasteiger partial charge < -0.3 is 4.42 Å². The largest absolute Gasteiger partial charge is 0.450 e. The maximum Gasteiger partial charge on any atom is 0.335 e. The molecule has 8 heteroatoms. The van der Waals surface area contributed by atoms with Gasteiger partial charge in [0.05, 0.1) is 5.69 Å². The molecule has 0 unspecified atom stereocenters. The van der Waals surface area contributed by atoms with Crippen LogP contribution >= 0.6 is 23.4 Å². The molecular formula is C25H21ClN2O4S. The lowest BCUT2D eigenvalue weighted by Gasteiger charge is -2.26. The van der Waals surface area contributed by atoms with Crippen molar-refractivity contribution < 1.29 is 18.8 Å². The van der Waals surface area contributed by atoms with Crippen molar-refractivity contribution >= 4 is 53.0 Å². The summed E-state index contributed by atoms with van der Waals surface area (Å²) in [5.74, 6) is -0.781. The fraction of sp³-hybridized carbons (Fsp3) is 0.160. The lowest BCUT2D eigenvalue weighted by atomic mass is 9.98. The predicted octanol–water partition coefficient (Wildman–Crippen LogP) is 6.26. The van der Waals surface area contributed by atoms with Gasteiger partial charge in [-0.1, -0.05) is 49.3 Å². The van der Waals surface area contributed by atoms with E-state index in [4.69, 9.17) is 16.0 Å². The zero-order valence-electron chi connectivity index (χ0n) is 18.0. The molecular weight excluding hydrogens is 460 g/mol. The van der Waals surface area contributed by atoms with E-state index in [2.05, 4.69) is 19.2 Å². The molecule has 33 heavy (non-hydrogen) atoms. The molecule has 3 aromatic rings. The summed E-state index contributed by atoms with van der Waals surface area (Å²) in [5, 5.41) is 3.45. The molecule has 1 aliphatic heterocycles. The first-order chi connectivity index (χ1) is 15.9. The Morgan fingerprint density at radius 3 is 2.39 bits per heavy atom. The fourth-order valence-electron chi connectivity index (χ4n) is 3.31. The monoisotopic (exact) mass is 480 g/mol. The normalized spacial score (nSPS) is 16.3. The van der Waals surface area contributed by atoms with Crippen LogP contribution in [0.15, 0.2) is 80.6 Å². The number of urea groups is 1. The standard InChI is InChI=1S/C25H21ClN2O4S/c1-3-15(2)16-4-8-18(9-5-16)28-24(30)21(23(29)27-25(28)31)14-19-10-13-22(32-19)33-20-11-6-17(26)7-12-20/h4-15H,3H2,1-2H3,(H,27,29,31)/b21-14-/t15-/m1/s1. The molecule has 1 N–H and O–H groups in total. The van der Waals surface area contributed by atoms with E-state index in [9.17, 15) is 14.4 Å². The number of amides is 4. The molecule has 1 fully saturated rings. The molecule has 1 atom stereocenters. The number of nitrogens with one attached hydrogen (secondary N) is 1. The first-order valence-corrected chi connectivity index (χ1v) is 11.6. The van der Waals surface area contributed by atoms with Crippen molar-refractivity contribution in [1.82, 2.24) is 5.32 Å². The number of imide groups is 2. The van der Waals surface area contributed by atoms with Crippen molar-refractivity contribution in [2.75, 3.05) is 4.90 Å². The summed E-state index contributed by atoms with van der Waals surface area (Å²) in [6.07, 6.45) is 2.32. The van der Waals surface area contributed by atoms with Crippen LogP contribution in [-0.4, -0.2) is 17.8 Å². The number of nitrogens with zero attached hydrogens (tertiary/aromatic N) is 1. The molecule has 0 spiro atoms. The summed E-state index contributed by atoms with van der Waals surface area (Å²) in [5.41, 5.74) is 1.32. The molecule has 1 aliphatic rings. The van der Waals surface area contributed by atoms with Gasteiger partial charge in [0.25, 0.3) is 11.8 Å². The molecule has 2 aromatic carbocycles. The molecule has 0 aliphatic carbocycles. The van der Waals surface area contributed by atoms with Crippen molar-refractivity contribution in [2.24, 2.45) is 0 Å². The highest BCUT2D eigenvalue weighted by Crippen LogP contribution is 2.31. The Morgan fingerprint density at radius 1 is 1.03 bits per heavy atom. The Morgan fingerprint density at radius 2 is 1.73 bits per heavy atom. The first kappa shape index (κ1) is 22.9. The van der Waals surface area contributed by atoms with E-state index in [1.54, 1.807) is 36.4 Å². The Labute approximate surface area is 200 Å². The lowest BCUT2D eigenvalue weighted by Crippen LogP contribution is -2.54. The predicted molar refractivity (Wildman–Crippen MR) is 128 cm³/mol. The smallest absolute Gasteiger partial charge is 0.335 e. The number of carbonyl (C=O) groups excluding carboxylic acids is 3. The first-order valence-electron chi connectivity index (χ1n) is 10.4. The van der Waals surface area contributed by atoms with E-state index < -0.39 is 17.8 Å². The molecule has 6 nitrogen and oxygen atoms in total. The van der Waals surface area contributed by atoms with Crippen LogP contribution in [0.3, 0.4) is 0 Å². The second kappa shape index (κ2) is 9.68. The summed E-state index contributed by atoms with van der Waals surface area (Å²) in [6, 6.07) is 17.1. The zero-order valence-corrected chi connectivity index (χ0v) is 19.6.